The van der Waals surface area contributed by atoms with Crippen LogP contribution in [0.15, 0.2) is 23.8 Å². The molecular weight excluding hydrogens is 201 g/mol. The standard InChI is InChI=1S/C9H4FN3S/c10-8-6(4-11)12-5-13-9(8)7-2-1-3-14-7/h1-3,5H. The van der Waals surface area contributed by atoms with Crippen LogP contribution in [0.5, 0.6) is 0 Å². The summed E-state index contributed by atoms with van der Waals surface area (Å²) in [5.41, 5.74) is -0.0325. The quantitative estimate of drug-likeness (QED) is 0.717. The first kappa shape index (κ1) is 8.78. The molecule has 68 valence electrons. The molecule has 0 aliphatic heterocycles. The summed E-state index contributed by atoms with van der Waals surface area (Å²) in [6.07, 6.45) is 1.19. The average Bonchev–Trinajstić information content (AvgIpc) is 2.71. The van der Waals surface area contributed by atoms with E-state index in [2.05, 4.69) is 9.97 Å². The van der Waals surface area contributed by atoms with Crippen molar-refractivity contribution in [3.63, 3.8) is 0 Å². The monoisotopic (exact) mass is 205 g/mol. The van der Waals surface area contributed by atoms with E-state index in [1.54, 1.807) is 18.2 Å². The van der Waals surface area contributed by atoms with E-state index < -0.39 is 5.82 Å². The van der Waals surface area contributed by atoms with Gasteiger partial charge in [-0.3, -0.25) is 0 Å². The number of hydrogen-bond acceptors (Lipinski definition) is 4. The van der Waals surface area contributed by atoms with Crippen LogP contribution < -0.4 is 0 Å². The fourth-order valence-corrected chi connectivity index (χ4v) is 1.75. The maximum Gasteiger partial charge on any atom is 0.186 e. The van der Waals surface area contributed by atoms with Crippen LogP contribution in [0.2, 0.25) is 0 Å². The minimum absolute atomic E-state index is 0.187. The third-order valence-corrected chi connectivity index (χ3v) is 2.53. The zero-order valence-corrected chi connectivity index (χ0v) is 7.75. The van der Waals surface area contributed by atoms with Crippen molar-refractivity contribution in [2.24, 2.45) is 0 Å². The number of hydrogen-bond donors (Lipinski definition) is 0. The molecule has 2 rings (SSSR count). The van der Waals surface area contributed by atoms with Crippen molar-refractivity contribution >= 4 is 11.3 Å². The summed E-state index contributed by atoms with van der Waals surface area (Å²) in [7, 11) is 0. The minimum Gasteiger partial charge on any atom is -0.232 e. The molecule has 0 N–H and O–H groups in total. The number of aromatic nitrogens is 2. The summed E-state index contributed by atoms with van der Waals surface area (Å²) in [5.74, 6) is -0.655. The SMILES string of the molecule is N#Cc1ncnc(-c2cccs2)c1F. The Kier molecular flexibility index (Phi) is 2.21. The Morgan fingerprint density at radius 3 is 2.93 bits per heavy atom. The Balaban J connectivity index is 2.61. The molecular formula is C9H4FN3S. The first-order chi connectivity index (χ1) is 6.83. The van der Waals surface area contributed by atoms with Gasteiger partial charge in [-0.25, -0.2) is 14.4 Å². The molecule has 14 heavy (non-hydrogen) atoms. The third kappa shape index (κ3) is 1.36. The van der Waals surface area contributed by atoms with Crippen molar-refractivity contribution in [1.82, 2.24) is 9.97 Å². The fourth-order valence-electron chi connectivity index (χ4n) is 1.03. The van der Waals surface area contributed by atoms with Crippen molar-refractivity contribution < 1.29 is 4.39 Å². The Bertz CT molecular complexity index is 487. The van der Waals surface area contributed by atoms with E-state index in [0.29, 0.717) is 4.88 Å². The number of rotatable bonds is 1. The molecule has 0 saturated carbocycles. The van der Waals surface area contributed by atoms with Crippen molar-refractivity contribution in [3.05, 3.63) is 35.4 Å². The molecule has 0 radical (unpaired) electrons. The van der Waals surface area contributed by atoms with Crippen LogP contribution in [0.1, 0.15) is 5.69 Å². The average molecular weight is 205 g/mol. The molecule has 0 amide bonds. The van der Waals surface area contributed by atoms with Gasteiger partial charge in [-0.1, -0.05) is 6.07 Å². The number of nitrogens with zero attached hydrogens (tertiary/aromatic N) is 3. The summed E-state index contributed by atoms with van der Waals surface area (Å²) >= 11 is 1.37. The van der Waals surface area contributed by atoms with Crippen LogP contribution in [0, 0.1) is 17.1 Å². The summed E-state index contributed by atoms with van der Waals surface area (Å²) in [4.78, 5) is 8.02. The van der Waals surface area contributed by atoms with Gasteiger partial charge in [-0.2, -0.15) is 5.26 Å². The normalized spacial score (nSPS) is 9.71. The van der Waals surface area contributed by atoms with Gasteiger partial charge >= 0.3 is 0 Å². The lowest BCUT2D eigenvalue weighted by molar-refractivity contribution is 0.613. The van der Waals surface area contributed by atoms with E-state index in [0.717, 1.165) is 0 Å². The Morgan fingerprint density at radius 2 is 2.29 bits per heavy atom. The van der Waals surface area contributed by atoms with E-state index in [1.165, 1.54) is 17.7 Å². The molecule has 0 aliphatic rings. The second kappa shape index (κ2) is 3.52. The van der Waals surface area contributed by atoms with Gasteiger partial charge in [0, 0.05) is 0 Å². The van der Waals surface area contributed by atoms with Crippen molar-refractivity contribution in [1.29, 1.82) is 5.26 Å². The summed E-state index contributed by atoms with van der Waals surface area (Å²) in [6, 6.07) is 5.22. The van der Waals surface area contributed by atoms with E-state index in [1.807, 2.05) is 5.38 Å². The molecule has 0 bridgehead atoms. The molecule has 2 aromatic heterocycles. The second-order valence-corrected chi connectivity index (χ2v) is 3.42. The van der Waals surface area contributed by atoms with Crippen LogP contribution in [0.25, 0.3) is 10.6 Å². The fraction of sp³-hybridized carbons (Fsp3) is 0. The van der Waals surface area contributed by atoms with Crippen LogP contribution in [0.4, 0.5) is 4.39 Å². The van der Waals surface area contributed by atoms with E-state index in [4.69, 9.17) is 5.26 Å². The van der Waals surface area contributed by atoms with Crippen LogP contribution >= 0.6 is 11.3 Å². The molecule has 0 spiro atoms. The second-order valence-electron chi connectivity index (χ2n) is 2.47. The zero-order valence-electron chi connectivity index (χ0n) is 6.94. The third-order valence-electron chi connectivity index (χ3n) is 1.65. The highest BCUT2D eigenvalue weighted by Gasteiger charge is 2.12. The molecule has 3 nitrogen and oxygen atoms in total. The molecule has 0 fully saturated rings. The van der Waals surface area contributed by atoms with Gasteiger partial charge in [-0.05, 0) is 11.4 Å². The predicted octanol–water partition coefficient (Wildman–Crippen LogP) is 2.22. The summed E-state index contributed by atoms with van der Waals surface area (Å²) in [6.45, 7) is 0. The molecule has 0 aromatic carbocycles. The summed E-state index contributed by atoms with van der Waals surface area (Å²) in [5, 5.41) is 10.4. The van der Waals surface area contributed by atoms with Gasteiger partial charge in [0.05, 0.1) is 4.88 Å². The Hall–Kier alpha value is -1.80. The molecule has 0 unspecified atom stereocenters. The van der Waals surface area contributed by atoms with Gasteiger partial charge in [0.2, 0.25) is 0 Å². The lowest BCUT2D eigenvalue weighted by Gasteiger charge is -1.98. The Morgan fingerprint density at radius 1 is 1.43 bits per heavy atom. The van der Waals surface area contributed by atoms with Gasteiger partial charge in [0.15, 0.2) is 11.5 Å². The largest absolute Gasteiger partial charge is 0.232 e. The smallest absolute Gasteiger partial charge is 0.186 e. The van der Waals surface area contributed by atoms with Gasteiger partial charge in [-0.15, -0.1) is 11.3 Å². The Labute approximate surface area is 83.5 Å². The maximum atomic E-state index is 13.5. The molecule has 0 atom stereocenters. The molecule has 2 heterocycles. The minimum atomic E-state index is -0.655. The lowest BCUT2D eigenvalue weighted by atomic mass is 10.3. The lowest BCUT2D eigenvalue weighted by Crippen LogP contribution is -1.94. The van der Waals surface area contributed by atoms with E-state index in [9.17, 15) is 4.39 Å². The van der Waals surface area contributed by atoms with E-state index in [-0.39, 0.29) is 11.4 Å². The maximum absolute atomic E-state index is 13.5. The first-order valence-electron chi connectivity index (χ1n) is 3.77. The van der Waals surface area contributed by atoms with Gasteiger partial charge < -0.3 is 0 Å². The highest BCUT2D eigenvalue weighted by Crippen LogP contribution is 2.25. The molecule has 0 saturated heterocycles. The number of halogens is 1. The predicted molar refractivity (Wildman–Crippen MR) is 50.0 cm³/mol. The summed E-state index contributed by atoms with van der Waals surface area (Å²) < 4.78 is 13.5. The van der Waals surface area contributed by atoms with Crippen LogP contribution in [-0.2, 0) is 0 Å². The molecule has 2 aromatic rings. The van der Waals surface area contributed by atoms with E-state index >= 15 is 0 Å². The highest BCUT2D eigenvalue weighted by atomic mass is 32.1. The molecule has 5 heteroatoms. The zero-order chi connectivity index (χ0) is 9.97. The molecule has 0 aliphatic carbocycles. The number of nitriles is 1. The van der Waals surface area contributed by atoms with Gasteiger partial charge in [0.1, 0.15) is 18.1 Å². The first-order valence-corrected chi connectivity index (χ1v) is 4.65. The van der Waals surface area contributed by atoms with Crippen LogP contribution in [-0.4, -0.2) is 9.97 Å². The van der Waals surface area contributed by atoms with Gasteiger partial charge in [0.25, 0.3) is 0 Å². The highest BCUT2D eigenvalue weighted by molar-refractivity contribution is 7.13. The number of thiophene rings is 1. The topological polar surface area (TPSA) is 49.6 Å². The van der Waals surface area contributed by atoms with Crippen molar-refractivity contribution in [2.45, 2.75) is 0 Å². The van der Waals surface area contributed by atoms with Crippen molar-refractivity contribution in [3.8, 4) is 16.6 Å². The van der Waals surface area contributed by atoms with Crippen molar-refractivity contribution in [2.75, 3.05) is 0 Å². The van der Waals surface area contributed by atoms with Crippen LogP contribution in [0.3, 0.4) is 0 Å².